The molecule has 0 saturated heterocycles. The number of nitrogens with two attached hydrogens (primary N) is 1. The van der Waals surface area contributed by atoms with Crippen LogP contribution >= 0.6 is 11.8 Å². The molecule has 4 N–H and O–H groups in total. The highest BCUT2D eigenvalue weighted by molar-refractivity contribution is 7.99. The van der Waals surface area contributed by atoms with Crippen LogP contribution in [-0.4, -0.2) is 36.0 Å². The molecule has 0 radical (unpaired) electrons. The van der Waals surface area contributed by atoms with E-state index in [2.05, 4.69) is 36.5 Å². The summed E-state index contributed by atoms with van der Waals surface area (Å²) >= 11 is 1.82. The van der Waals surface area contributed by atoms with Gasteiger partial charge in [-0.2, -0.15) is 0 Å². The summed E-state index contributed by atoms with van der Waals surface area (Å²) in [5, 5.41) is 11.7. The van der Waals surface area contributed by atoms with Gasteiger partial charge in [0.1, 0.15) is 6.04 Å². The largest absolute Gasteiger partial charge is 0.480 e. The minimum absolute atomic E-state index is 0.305. The van der Waals surface area contributed by atoms with Crippen molar-refractivity contribution in [3.05, 3.63) is 29.8 Å². The third-order valence-corrected chi connectivity index (χ3v) is 3.40. The molecule has 4 nitrogen and oxygen atoms in total. The average molecular weight is 268 g/mol. The van der Waals surface area contributed by atoms with Gasteiger partial charge in [-0.3, -0.25) is 4.79 Å². The first kappa shape index (κ1) is 15.0. The van der Waals surface area contributed by atoms with Crippen molar-refractivity contribution >= 4 is 17.7 Å². The van der Waals surface area contributed by atoms with Crippen molar-refractivity contribution < 1.29 is 9.90 Å². The lowest BCUT2D eigenvalue weighted by Gasteiger charge is -2.08. The van der Waals surface area contributed by atoms with E-state index in [0.717, 1.165) is 18.7 Å². The number of hydrogen-bond acceptors (Lipinski definition) is 4. The molecule has 0 aliphatic heterocycles. The molecule has 0 saturated carbocycles. The first-order valence-electron chi connectivity index (χ1n) is 6.04. The van der Waals surface area contributed by atoms with E-state index >= 15 is 0 Å². The predicted molar refractivity (Wildman–Crippen MR) is 75.0 cm³/mol. The van der Waals surface area contributed by atoms with Crippen LogP contribution in [0, 0.1) is 0 Å². The number of nitrogens with one attached hydrogen (secondary N) is 1. The van der Waals surface area contributed by atoms with Crippen molar-refractivity contribution in [2.75, 3.05) is 18.8 Å². The van der Waals surface area contributed by atoms with E-state index in [1.54, 1.807) is 0 Å². The topological polar surface area (TPSA) is 75.3 Å². The molecule has 1 atom stereocenters. The Morgan fingerprint density at radius 1 is 1.44 bits per heavy atom. The van der Waals surface area contributed by atoms with E-state index in [-0.39, 0.29) is 0 Å². The van der Waals surface area contributed by atoms with Crippen molar-refractivity contribution in [3.8, 4) is 0 Å². The quantitative estimate of drug-likeness (QED) is 0.490. The molecular weight excluding hydrogens is 248 g/mol. The van der Waals surface area contributed by atoms with Gasteiger partial charge in [0.05, 0.1) is 0 Å². The molecule has 0 heterocycles. The molecule has 100 valence electrons. The Morgan fingerprint density at radius 3 is 2.67 bits per heavy atom. The van der Waals surface area contributed by atoms with Gasteiger partial charge in [-0.25, -0.2) is 0 Å². The maximum absolute atomic E-state index is 10.5. The summed E-state index contributed by atoms with van der Waals surface area (Å²) < 4.78 is 0. The second kappa shape index (κ2) is 8.13. The van der Waals surface area contributed by atoms with Gasteiger partial charge in [0, 0.05) is 11.4 Å². The third kappa shape index (κ3) is 5.53. The molecule has 0 fully saturated rings. The fraction of sp³-hybridized carbons (Fsp3) is 0.462. The summed E-state index contributed by atoms with van der Waals surface area (Å²) in [5.74, 6) is 0.108. The lowest BCUT2D eigenvalue weighted by Crippen LogP contribution is -2.40. The highest BCUT2D eigenvalue weighted by Crippen LogP contribution is 2.17. The molecule has 18 heavy (non-hydrogen) atoms. The van der Waals surface area contributed by atoms with Gasteiger partial charge in [-0.15, -0.1) is 11.8 Å². The maximum atomic E-state index is 10.5. The minimum Gasteiger partial charge on any atom is -0.480 e. The van der Waals surface area contributed by atoms with Gasteiger partial charge >= 0.3 is 5.97 Å². The first-order valence-corrected chi connectivity index (χ1v) is 7.03. The predicted octanol–water partition coefficient (Wildman–Crippen LogP) is 1.34. The number of hydrogen-bond donors (Lipinski definition) is 3. The Hall–Kier alpha value is -1.04. The van der Waals surface area contributed by atoms with E-state index in [4.69, 9.17) is 10.8 Å². The van der Waals surface area contributed by atoms with Crippen LogP contribution in [0.1, 0.15) is 12.5 Å². The van der Waals surface area contributed by atoms with Crippen LogP contribution in [-0.2, 0) is 11.2 Å². The highest BCUT2D eigenvalue weighted by atomic mass is 32.2. The van der Waals surface area contributed by atoms with Crippen LogP contribution < -0.4 is 11.1 Å². The van der Waals surface area contributed by atoms with Gasteiger partial charge in [0.25, 0.3) is 0 Å². The highest BCUT2D eigenvalue weighted by Gasteiger charge is 2.09. The second-order valence-electron chi connectivity index (χ2n) is 3.98. The molecule has 0 aromatic heterocycles. The molecule has 0 amide bonds. The summed E-state index contributed by atoms with van der Waals surface area (Å²) in [5.41, 5.74) is 6.63. The van der Waals surface area contributed by atoms with Crippen molar-refractivity contribution in [2.24, 2.45) is 5.73 Å². The first-order chi connectivity index (χ1) is 8.63. The molecule has 1 aromatic carbocycles. The number of carboxylic acid groups (broad SMARTS) is 1. The van der Waals surface area contributed by atoms with E-state index in [9.17, 15) is 4.79 Å². The molecule has 5 heteroatoms. The number of thioether (sulfide) groups is 1. The number of aliphatic carboxylic acids is 1. The van der Waals surface area contributed by atoms with Gasteiger partial charge < -0.3 is 16.2 Å². The second-order valence-corrected chi connectivity index (χ2v) is 5.31. The minimum atomic E-state index is -0.969. The zero-order valence-electron chi connectivity index (χ0n) is 10.6. The van der Waals surface area contributed by atoms with E-state index < -0.39 is 12.0 Å². The zero-order chi connectivity index (χ0) is 13.4. The van der Waals surface area contributed by atoms with Crippen LogP contribution in [0.4, 0.5) is 0 Å². The molecule has 0 aliphatic carbocycles. The van der Waals surface area contributed by atoms with Crippen molar-refractivity contribution in [1.82, 2.24) is 5.32 Å². The molecule has 0 bridgehead atoms. The molecular formula is C13H20N2O2S. The summed E-state index contributed by atoms with van der Waals surface area (Å²) in [4.78, 5) is 11.8. The van der Waals surface area contributed by atoms with E-state index in [1.165, 1.54) is 10.5 Å². The Balaban J connectivity index is 2.25. The lowest BCUT2D eigenvalue weighted by atomic mass is 10.1. The molecule has 0 spiro atoms. The third-order valence-electron chi connectivity index (χ3n) is 2.51. The summed E-state index contributed by atoms with van der Waals surface area (Å²) in [6.45, 7) is 3.18. The molecule has 1 aromatic rings. The SMILES string of the molecule is CCSc1ccc(CCNCC(N)C(=O)O)cc1. The fourth-order valence-electron chi connectivity index (χ4n) is 1.50. The molecule has 1 rings (SSSR count). The Morgan fingerprint density at radius 2 is 2.11 bits per heavy atom. The molecule has 0 aliphatic rings. The van der Waals surface area contributed by atoms with Crippen LogP contribution in [0.5, 0.6) is 0 Å². The molecule has 1 unspecified atom stereocenters. The van der Waals surface area contributed by atoms with Crippen LogP contribution in [0.25, 0.3) is 0 Å². The van der Waals surface area contributed by atoms with Gasteiger partial charge in [0.15, 0.2) is 0 Å². The smallest absolute Gasteiger partial charge is 0.321 e. The van der Waals surface area contributed by atoms with E-state index in [0.29, 0.717) is 6.54 Å². The van der Waals surface area contributed by atoms with Crippen molar-refractivity contribution in [2.45, 2.75) is 24.3 Å². The Labute approximate surface area is 112 Å². The average Bonchev–Trinajstić information content (AvgIpc) is 2.36. The Bertz CT molecular complexity index is 368. The van der Waals surface area contributed by atoms with Gasteiger partial charge in [0.2, 0.25) is 0 Å². The van der Waals surface area contributed by atoms with Crippen LogP contribution in [0.15, 0.2) is 29.2 Å². The fourth-order valence-corrected chi connectivity index (χ4v) is 2.16. The van der Waals surface area contributed by atoms with Gasteiger partial charge in [-0.1, -0.05) is 19.1 Å². The Kier molecular flexibility index (Phi) is 6.78. The lowest BCUT2D eigenvalue weighted by molar-refractivity contribution is -0.138. The maximum Gasteiger partial charge on any atom is 0.321 e. The number of carboxylic acids is 1. The summed E-state index contributed by atoms with van der Waals surface area (Å²) in [7, 11) is 0. The zero-order valence-corrected chi connectivity index (χ0v) is 11.4. The van der Waals surface area contributed by atoms with Gasteiger partial charge in [-0.05, 0) is 36.4 Å². The van der Waals surface area contributed by atoms with Crippen molar-refractivity contribution in [1.29, 1.82) is 0 Å². The van der Waals surface area contributed by atoms with Crippen LogP contribution in [0.2, 0.25) is 0 Å². The van der Waals surface area contributed by atoms with Crippen molar-refractivity contribution in [3.63, 3.8) is 0 Å². The summed E-state index contributed by atoms with van der Waals surface area (Å²) in [6, 6.07) is 7.63. The monoisotopic (exact) mass is 268 g/mol. The normalized spacial score (nSPS) is 12.3. The van der Waals surface area contributed by atoms with Crippen LogP contribution in [0.3, 0.4) is 0 Å². The standard InChI is InChI=1S/C13H20N2O2S/c1-2-18-11-5-3-10(4-6-11)7-8-15-9-12(14)13(16)17/h3-6,12,15H,2,7-9,14H2,1H3,(H,16,17). The number of rotatable bonds is 8. The number of benzene rings is 1. The van der Waals surface area contributed by atoms with E-state index in [1.807, 2.05) is 11.8 Å². The number of carbonyl (C=O) groups is 1. The summed E-state index contributed by atoms with van der Waals surface area (Å²) in [6.07, 6.45) is 0.878.